The second-order valence-electron chi connectivity index (χ2n) is 9.86. The molecule has 6 aromatic rings. The summed E-state index contributed by atoms with van der Waals surface area (Å²) >= 11 is 0. The first-order valence-corrected chi connectivity index (χ1v) is 15.5. The molecule has 0 aliphatic carbocycles. The number of nitrogens with zero attached hydrogens (tertiary/aromatic N) is 5. The summed E-state index contributed by atoms with van der Waals surface area (Å²) in [5.74, 6) is 3.62. The lowest BCUT2D eigenvalue weighted by Gasteiger charge is -2.14. The molecule has 0 saturated carbocycles. The first-order chi connectivity index (χ1) is 20.3. The lowest BCUT2D eigenvalue weighted by Crippen LogP contribution is -2.21. The van der Waals surface area contributed by atoms with E-state index < -0.39 is 9.84 Å². The van der Waals surface area contributed by atoms with E-state index in [1.807, 2.05) is 60.8 Å². The molecule has 0 saturated heterocycles. The van der Waals surface area contributed by atoms with Gasteiger partial charge in [-0.15, -0.1) is 0 Å². The summed E-state index contributed by atoms with van der Waals surface area (Å²) < 4.78 is 36.6. The van der Waals surface area contributed by atoms with Crippen LogP contribution in [0.1, 0.15) is 18.2 Å². The number of aryl methyl sites for hydroxylation is 1. The number of hydrogen-bond acceptors (Lipinski definition) is 10. The van der Waals surface area contributed by atoms with E-state index in [2.05, 4.69) is 43.7 Å². The Morgan fingerprint density at radius 1 is 0.976 bits per heavy atom. The zero-order valence-corrected chi connectivity index (χ0v) is 23.9. The molecule has 0 unspecified atom stereocenters. The van der Waals surface area contributed by atoms with Crippen molar-refractivity contribution in [3.63, 3.8) is 0 Å². The predicted molar refractivity (Wildman–Crippen MR) is 161 cm³/mol. The number of hydrogen-bond donors (Lipinski definition) is 2. The molecular formula is C30H29N7O4S. The van der Waals surface area contributed by atoms with Crippen molar-refractivity contribution >= 4 is 37.9 Å². The van der Waals surface area contributed by atoms with Crippen LogP contribution in [-0.4, -0.2) is 51.5 Å². The Morgan fingerprint density at radius 2 is 1.88 bits per heavy atom. The summed E-state index contributed by atoms with van der Waals surface area (Å²) in [6, 6.07) is 19.3. The van der Waals surface area contributed by atoms with Crippen LogP contribution in [0.2, 0.25) is 0 Å². The summed E-state index contributed by atoms with van der Waals surface area (Å²) in [7, 11) is -3.01. The van der Waals surface area contributed by atoms with Gasteiger partial charge in [0, 0.05) is 41.7 Å². The van der Waals surface area contributed by atoms with Gasteiger partial charge in [0.15, 0.2) is 5.65 Å². The average Bonchev–Trinajstić information content (AvgIpc) is 3.65. The summed E-state index contributed by atoms with van der Waals surface area (Å²) in [6.07, 6.45) is 6.86. The van der Waals surface area contributed by atoms with Crippen LogP contribution in [0, 0.1) is 0 Å². The molecule has 42 heavy (non-hydrogen) atoms. The van der Waals surface area contributed by atoms with E-state index >= 15 is 0 Å². The summed E-state index contributed by atoms with van der Waals surface area (Å²) in [6.45, 7) is 2.88. The van der Waals surface area contributed by atoms with Gasteiger partial charge >= 0.3 is 0 Å². The van der Waals surface area contributed by atoms with Crippen molar-refractivity contribution < 1.29 is 17.6 Å². The molecule has 2 N–H and O–H groups in total. The summed E-state index contributed by atoms with van der Waals surface area (Å²) in [4.78, 5) is 13.2. The maximum atomic E-state index is 11.3. The van der Waals surface area contributed by atoms with Gasteiger partial charge in [-0.1, -0.05) is 6.92 Å². The summed E-state index contributed by atoms with van der Waals surface area (Å²) in [5, 5.41) is 11.5. The number of benzene rings is 2. The quantitative estimate of drug-likeness (QED) is 0.197. The zero-order valence-electron chi connectivity index (χ0n) is 23.1. The Hall–Kier alpha value is -4.81. The number of pyridine rings is 1. The largest absolute Gasteiger partial charge is 0.460 e. The van der Waals surface area contributed by atoms with Gasteiger partial charge in [-0.3, -0.25) is 0 Å². The molecule has 4 heterocycles. The molecule has 0 aliphatic heterocycles. The molecule has 0 spiro atoms. The summed E-state index contributed by atoms with van der Waals surface area (Å²) in [5.41, 5.74) is 4.30. The fraction of sp³-hybridized carbons (Fsp3) is 0.200. The Morgan fingerprint density at radius 3 is 2.74 bits per heavy atom. The molecule has 0 aliphatic rings. The third kappa shape index (κ3) is 6.24. The van der Waals surface area contributed by atoms with Crippen molar-refractivity contribution in [3.05, 3.63) is 90.8 Å². The van der Waals surface area contributed by atoms with E-state index in [0.717, 1.165) is 45.6 Å². The van der Waals surface area contributed by atoms with Gasteiger partial charge < -0.3 is 19.8 Å². The van der Waals surface area contributed by atoms with Crippen molar-refractivity contribution in [2.75, 3.05) is 23.9 Å². The monoisotopic (exact) mass is 583 g/mol. The van der Waals surface area contributed by atoms with Gasteiger partial charge in [-0.05, 0) is 66.6 Å². The Balaban J connectivity index is 1.20. The van der Waals surface area contributed by atoms with E-state index in [1.165, 1.54) is 18.9 Å². The minimum Gasteiger partial charge on any atom is -0.460 e. The normalized spacial score (nSPS) is 11.8. The molecule has 2 aromatic carbocycles. The molecule has 0 fully saturated rings. The number of anilines is 2. The first-order valence-electron chi connectivity index (χ1n) is 13.4. The average molecular weight is 584 g/mol. The minimum atomic E-state index is -3.01. The van der Waals surface area contributed by atoms with Gasteiger partial charge in [-0.25, -0.2) is 27.9 Å². The van der Waals surface area contributed by atoms with Crippen molar-refractivity contribution in [1.29, 1.82) is 0 Å². The van der Waals surface area contributed by atoms with Crippen LogP contribution in [-0.2, 0) is 22.8 Å². The standard InChI is InChI=1S/C30H29N7O4S/c1-3-20-14-22(5-8-27(20)40-23-10-12-37-29(16-23)33-19-35-37)36-30-25-15-21(4-7-26(25)32-18-34-30)28-9-6-24(41-28)17-31-11-13-42(2,38)39/h4-10,12,14-16,18-19,31H,3,11,13,17H2,1-2H3,(H,32,34,36). The molecule has 0 amide bonds. The number of aromatic nitrogens is 5. The number of ether oxygens (including phenoxy) is 1. The molecule has 214 valence electrons. The van der Waals surface area contributed by atoms with Gasteiger partial charge in [0.1, 0.15) is 51.3 Å². The van der Waals surface area contributed by atoms with Gasteiger partial charge in [-0.2, -0.15) is 5.10 Å². The van der Waals surface area contributed by atoms with Crippen molar-refractivity contribution in [2.45, 2.75) is 19.9 Å². The van der Waals surface area contributed by atoms with Crippen molar-refractivity contribution in [3.8, 4) is 22.8 Å². The van der Waals surface area contributed by atoms with Crippen LogP contribution in [0.25, 0.3) is 27.9 Å². The third-order valence-corrected chi connectivity index (χ3v) is 7.66. The molecular weight excluding hydrogens is 554 g/mol. The SMILES string of the molecule is CCc1cc(Nc2ncnc3ccc(-c4ccc(CNCCS(C)(=O)=O)o4)cc23)ccc1Oc1ccn2ncnc2c1. The van der Waals surface area contributed by atoms with Crippen LogP contribution in [0.15, 0.2) is 83.9 Å². The van der Waals surface area contributed by atoms with Gasteiger partial charge in [0.05, 0.1) is 17.8 Å². The second-order valence-corrected chi connectivity index (χ2v) is 12.1. The first kappa shape index (κ1) is 27.4. The Kier molecular flexibility index (Phi) is 7.55. The van der Waals surface area contributed by atoms with Crippen molar-refractivity contribution in [2.24, 2.45) is 0 Å². The maximum Gasteiger partial charge on any atom is 0.158 e. The van der Waals surface area contributed by atoms with Crippen LogP contribution in [0.5, 0.6) is 11.5 Å². The highest BCUT2D eigenvalue weighted by atomic mass is 32.2. The van der Waals surface area contributed by atoms with Gasteiger partial charge in [0.2, 0.25) is 0 Å². The van der Waals surface area contributed by atoms with Crippen LogP contribution in [0.4, 0.5) is 11.5 Å². The number of sulfone groups is 1. The Labute approximate surface area is 242 Å². The van der Waals surface area contributed by atoms with E-state index in [1.54, 1.807) is 4.52 Å². The number of nitrogens with one attached hydrogen (secondary N) is 2. The second kappa shape index (κ2) is 11.6. The number of fused-ring (bicyclic) bond motifs is 2. The van der Waals surface area contributed by atoms with E-state index in [-0.39, 0.29) is 5.75 Å². The molecule has 11 nitrogen and oxygen atoms in total. The fourth-order valence-corrected chi connectivity index (χ4v) is 5.08. The molecule has 0 atom stereocenters. The molecule has 0 bridgehead atoms. The number of furan rings is 1. The molecule has 6 rings (SSSR count). The molecule has 4 aromatic heterocycles. The minimum absolute atomic E-state index is 0.0801. The van der Waals surface area contributed by atoms with Gasteiger partial charge in [0.25, 0.3) is 0 Å². The predicted octanol–water partition coefficient (Wildman–Crippen LogP) is 5.17. The fourth-order valence-electron chi connectivity index (χ4n) is 4.56. The van der Waals surface area contributed by atoms with Crippen LogP contribution >= 0.6 is 0 Å². The van der Waals surface area contributed by atoms with E-state index in [9.17, 15) is 8.42 Å². The highest BCUT2D eigenvalue weighted by Crippen LogP contribution is 2.32. The highest BCUT2D eigenvalue weighted by Gasteiger charge is 2.12. The topological polar surface area (TPSA) is 137 Å². The third-order valence-electron chi connectivity index (χ3n) is 6.71. The maximum absolute atomic E-state index is 11.3. The smallest absolute Gasteiger partial charge is 0.158 e. The lowest BCUT2D eigenvalue weighted by molar-refractivity contribution is 0.476. The zero-order chi connectivity index (χ0) is 29.1. The van der Waals surface area contributed by atoms with E-state index in [4.69, 9.17) is 9.15 Å². The Bertz CT molecular complexity index is 1980. The van der Waals surface area contributed by atoms with Crippen LogP contribution in [0.3, 0.4) is 0 Å². The van der Waals surface area contributed by atoms with Crippen molar-refractivity contribution in [1.82, 2.24) is 29.9 Å². The van der Waals surface area contributed by atoms with E-state index in [0.29, 0.717) is 36.1 Å². The molecule has 0 radical (unpaired) electrons. The highest BCUT2D eigenvalue weighted by molar-refractivity contribution is 7.90. The van der Waals surface area contributed by atoms with Crippen LogP contribution < -0.4 is 15.4 Å². The molecule has 12 heteroatoms. The number of rotatable bonds is 11. The lowest BCUT2D eigenvalue weighted by atomic mass is 10.1.